The van der Waals surface area contributed by atoms with Crippen molar-refractivity contribution in [1.82, 2.24) is 49.0 Å². The second-order valence-corrected chi connectivity index (χ2v) is 15.8. The van der Waals surface area contributed by atoms with Gasteiger partial charge in [0.25, 0.3) is 0 Å². The molecule has 2 unspecified atom stereocenters. The van der Waals surface area contributed by atoms with Gasteiger partial charge in [-0.15, -0.1) is 0 Å². The van der Waals surface area contributed by atoms with E-state index >= 15 is 0 Å². The highest BCUT2D eigenvalue weighted by Gasteiger charge is 2.30. The Bertz CT molecular complexity index is 3080. The Morgan fingerprint density at radius 1 is 0.623 bits per heavy atom. The van der Waals surface area contributed by atoms with Crippen LogP contribution >= 0.6 is 11.6 Å². The molecule has 0 aliphatic carbocycles. The third-order valence-electron chi connectivity index (χ3n) is 10.8. The standard InChI is InChI=1S/C23H21F2N7O2.C13H10ClF2N3O.C10H12N4O/c1-13-10-32(12-28-13)17-8-26-21(7-19(17)33-3)29-23-27-9-20-22(30-23)31(2)18(11-34-20)14-4-15(24)6-16(25)5-14;1-19-10(7-2-8(15)4-9(16)3-7)6-20-11-5-17-13(14)18-12(11)19;1-7-5-14(6-13-7)8-4-12-10(11)3-9(8)15-2/h4-10,12,18H,11H2,1-3H3,(H,26,27,29,30);2-5,10H,6H2,1H3;3-6H,1-2H3,(H2,11,12). The van der Waals surface area contributed by atoms with Crippen LogP contribution in [0.25, 0.3) is 11.4 Å². The topological polar surface area (TPSA) is 194 Å². The first-order valence-corrected chi connectivity index (χ1v) is 21.2. The highest BCUT2D eigenvalue weighted by atomic mass is 35.5. The SMILES string of the molecule is CN1c2nc(Cl)ncc2OCC1c1cc(F)cc(F)c1.COc1cc(N)ncc1-n1cnc(C)c1.COc1cc(Nc2ncc3c(n2)N(C)C(c2cc(F)cc(F)c2)CO3)ncc1-n1cnc(C)c1. The fourth-order valence-corrected chi connectivity index (χ4v) is 7.51. The Morgan fingerprint density at radius 3 is 1.59 bits per heavy atom. The predicted molar refractivity (Wildman–Crippen MR) is 248 cm³/mol. The Hall–Kier alpha value is -8.27. The van der Waals surface area contributed by atoms with Crippen molar-refractivity contribution in [2.24, 2.45) is 0 Å². The third-order valence-corrected chi connectivity index (χ3v) is 10.9. The second-order valence-electron chi connectivity index (χ2n) is 15.5. The van der Waals surface area contributed by atoms with E-state index in [0.29, 0.717) is 57.4 Å². The zero-order chi connectivity index (χ0) is 48.9. The molecule has 3 N–H and O–H groups in total. The molecule has 6 aromatic heterocycles. The van der Waals surface area contributed by atoms with Crippen molar-refractivity contribution in [2.75, 3.05) is 62.4 Å². The van der Waals surface area contributed by atoms with Crippen LogP contribution in [0.3, 0.4) is 0 Å². The van der Waals surface area contributed by atoms with Gasteiger partial charge in [0, 0.05) is 50.8 Å². The van der Waals surface area contributed by atoms with Crippen LogP contribution in [-0.4, -0.2) is 90.5 Å². The summed E-state index contributed by atoms with van der Waals surface area (Å²) in [4.78, 5) is 37.2. The fourth-order valence-electron chi connectivity index (χ4n) is 7.38. The molecule has 2 atom stereocenters. The molecule has 8 aromatic rings. The van der Waals surface area contributed by atoms with Gasteiger partial charge >= 0.3 is 0 Å². The number of nitrogen functional groups attached to an aromatic ring is 1. The van der Waals surface area contributed by atoms with Crippen molar-refractivity contribution in [1.29, 1.82) is 0 Å². The number of imidazole rings is 2. The van der Waals surface area contributed by atoms with Gasteiger partial charge in [-0.2, -0.15) is 9.97 Å². The number of likely N-dealkylation sites (N-methyl/N-ethyl adjacent to an activating group) is 2. The van der Waals surface area contributed by atoms with E-state index in [0.717, 1.165) is 34.9 Å². The molecule has 0 radical (unpaired) electrons. The fraction of sp³-hybridized carbons (Fsp3) is 0.217. The number of aryl methyl sites for hydroxylation is 2. The number of nitrogens with one attached hydrogen (secondary N) is 1. The van der Waals surface area contributed by atoms with E-state index in [1.807, 2.05) is 35.4 Å². The summed E-state index contributed by atoms with van der Waals surface area (Å²) >= 11 is 5.76. The molecule has 0 saturated carbocycles. The van der Waals surface area contributed by atoms with Crippen molar-refractivity contribution >= 4 is 40.8 Å². The molecule has 18 nitrogen and oxygen atoms in total. The summed E-state index contributed by atoms with van der Waals surface area (Å²) < 4.78 is 79.9. The van der Waals surface area contributed by atoms with Crippen LogP contribution in [0.15, 0.2) is 98.4 Å². The highest BCUT2D eigenvalue weighted by Crippen LogP contribution is 2.39. The molecule has 2 aromatic carbocycles. The van der Waals surface area contributed by atoms with Crippen LogP contribution in [0.1, 0.15) is 34.6 Å². The van der Waals surface area contributed by atoms with E-state index in [9.17, 15) is 17.6 Å². The van der Waals surface area contributed by atoms with Gasteiger partial charge in [0.15, 0.2) is 23.1 Å². The number of nitrogens with two attached hydrogens (primary N) is 1. The summed E-state index contributed by atoms with van der Waals surface area (Å²) in [5.74, 6) is 1.85. The van der Waals surface area contributed by atoms with E-state index in [1.54, 1.807) is 81.5 Å². The molecule has 8 heterocycles. The number of pyridine rings is 2. The number of aromatic nitrogens is 10. The molecule has 0 amide bonds. The summed E-state index contributed by atoms with van der Waals surface area (Å²) in [5, 5.41) is 3.15. The van der Waals surface area contributed by atoms with Gasteiger partial charge in [-0.1, -0.05) is 0 Å². The molecule has 23 heteroatoms. The van der Waals surface area contributed by atoms with Crippen LogP contribution in [-0.2, 0) is 0 Å². The van der Waals surface area contributed by atoms with Gasteiger partial charge < -0.3 is 48.9 Å². The monoisotopic (exact) mass is 966 g/mol. The van der Waals surface area contributed by atoms with Crippen LogP contribution in [0, 0.1) is 37.1 Å². The average Bonchev–Trinajstić information content (AvgIpc) is 3.96. The number of halogens is 5. The Kier molecular flexibility index (Phi) is 13.9. The lowest BCUT2D eigenvalue weighted by Crippen LogP contribution is -2.34. The molecule has 0 fully saturated rings. The summed E-state index contributed by atoms with van der Waals surface area (Å²) in [6.45, 7) is 4.28. The normalized spacial score (nSPS) is 14.7. The van der Waals surface area contributed by atoms with Crippen LogP contribution in [0.5, 0.6) is 23.0 Å². The number of ether oxygens (including phenoxy) is 4. The smallest absolute Gasteiger partial charge is 0.230 e. The van der Waals surface area contributed by atoms with E-state index in [-0.39, 0.29) is 30.5 Å². The minimum Gasteiger partial charge on any atom is -0.494 e. The Labute approximate surface area is 397 Å². The largest absolute Gasteiger partial charge is 0.494 e. The van der Waals surface area contributed by atoms with E-state index < -0.39 is 29.3 Å². The maximum absolute atomic E-state index is 13.8. The summed E-state index contributed by atoms with van der Waals surface area (Å²) in [6.07, 6.45) is 13.5. The Morgan fingerprint density at radius 2 is 1.10 bits per heavy atom. The number of anilines is 5. The maximum atomic E-state index is 13.8. The van der Waals surface area contributed by atoms with E-state index in [4.69, 9.17) is 36.3 Å². The summed E-state index contributed by atoms with van der Waals surface area (Å²) in [7, 11) is 6.72. The van der Waals surface area contributed by atoms with Gasteiger partial charge in [0.1, 0.15) is 71.0 Å². The van der Waals surface area contributed by atoms with Crippen LogP contribution in [0.2, 0.25) is 5.28 Å². The molecule has 2 aliphatic rings. The van der Waals surface area contributed by atoms with Crippen molar-refractivity contribution in [3.05, 3.63) is 149 Å². The number of hydrogen-bond acceptors (Lipinski definition) is 16. The van der Waals surface area contributed by atoms with Crippen molar-refractivity contribution in [3.63, 3.8) is 0 Å². The molecular formula is C46H43ClF4N14O4. The van der Waals surface area contributed by atoms with Gasteiger partial charge in [-0.3, -0.25) is 0 Å². The molecular weight excluding hydrogens is 924 g/mol. The minimum absolute atomic E-state index is 0.0882. The van der Waals surface area contributed by atoms with Gasteiger partial charge in [0.2, 0.25) is 11.2 Å². The number of rotatable bonds is 8. The average molecular weight is 967 g/mol. The van der Waals surface area contributed by atoms with Gasteiger partial charge in [-0.05, 0) is 60.8 Å². The first kappa shape index (κ1) is 47.2. The van der Waals surface area contributed by atoms with Gasteiger partial charge in [0.05, 0.1) is 75.1 Å². The molecule has 0 spiro atoms. The predicted octanol–water partition coefficient (Wildman–Crippen LogP) is 8.11. The van der Waals surface area contributed by atoms with Crippen LogP contribution < -0.4 is 39.8 Å². The lowest BCUT2D eigenvalue weighted by molar-refractivity contribution is 0.264. The summed E-state index contributed by atoms with van der Waals surface area (Å²) in [5.41, 5.74) is 9.87. The quantitative estimate of drug-likeness (QED) is 0.109. The number of benzene rings is 2. The van der Waals surface area contributed by atoms with E-state index in [2.05, 4.69) is 45.2 Å². The molecule has 69 heavy (non-hydrogen) atoms. The lowest BCUT2D eigenvalue weighted by atomic mass is 10.0. The Balaban J connectivity index is 0.000000155. The maximum Gasteiger partial charge on any atom is 0.230 e. The highest BCUT2D eigenvalue weighted by molar-refractivity contribution is 6.28. The lowest BCUT2D eigenvalue weighted by Gasteiger charge is -2.35. The second kappa shape index (κ2) is 20.3. The number of hydrogen-bond donors (Lipinski definition) is 2. The van der Waals surface area contributed by atoms with Gasteiger partial charge in [-0.25, -0.2) is 47.5 Å². The molecule has 10 rings (SSSR count). The van der Waals surface area contributed by atoms with Crippen molar-refractivity contribution in [3.8, 4) is 34.4 Å². The zero-order valence-corrected chi connectivity index (χ0v) is 38.5. The summed E-state index contributed by atoms with van der Waals surface area (Å²) in [6, 6.07) is 9.46. The zero-order valence-electron chi connectivity index (χ0n) is 37.8. The van der Waals surface area contributed by atoms with Crippen LogP contribution in [0.4, 0.5) is 46.8 Å². The number of fused-ring (bicyclic) bond motifs is 2. The minimum atomic E-state index is -0.645. The number of methoxy groups -OCH3 is 2. The third kappa shape index (κ3) is 10.8. The molecule has 2 aliphatic heterocycles. The van der Waals surface area contributed by atoms with E-state index in [1.165, 1.54) is 30.5 Å². The van der Waals surface area contributed by atoms with Crippen molar-refractivity contribution in [2.45, 2.75) is 25.9 Å². The van der Waals surface area contributed by atoms with Crippen molar-refractivity contribution < 1.29 is 36.5 Å². The molecule has 0 bridgehead atoms. The number of nitrogens with zero attached hydrogens (tertiary/aromatic N) is 12. The first-order valence-electron chi connectivity index (χ1n) is 20.8. The molecule has 0 saturated heterocycles. The molecule has 356 valence electrons. The first-order chi connectivity index (χ1) is 33.2.